The number of ether oxygens (including phenoxy) is 1. The van der Waals surface area contributed by atoms with E-state index in [1.807, 2.05) is 48.5 Å². The number of hydroxylamine groups is 6. The van der Waals surface area contributed by atoms with Gasteiger partial charge < -0.3 is 24.6 Å². The molecule has 6 rings (SSSR count). The predicted octanol–water partition coefficient (Wildman–Crippen LogP) is 1.85. The summed E-state index contributed by atoms with van der Waals surface area (Å²) in [7, 11) is 0. The smallest absolute Gasteiger partial charge is 0.407 e. The highest BCUT2D eigenvalue weighted by Crippen LogP contribution is 2.44. The van der Waals surface area contributed by atoms with Crippen LogP contribution >= 0.6 is 0 Å². The van der Waals surface area contributed by atoms with E-state index in [4.69, 9.17) is 19.2 Å². The summed E-state index contributed by atoms with van der Waals surface area (Å²) in [5.41, 5.74) is 3.73. The average molecular weight is 789 g/mol. The predicted molar refractivity (Wildman–Crippen MR) is 185 cm³/mol. The van der Waals surface area contributed by atoms with Crippen LogP contribution in [-0.2, 0) is 67.2 Å². The number of carbonyl (C=O) groups excluding carboxylic acids is 11. The third-order valence-corrected chi connectivity index (χ3v) is 9.72. The van der Waals surface area contributed by atoms with Crippen molar-refractivity contribution in [3.05, 3.63) is 59.7 Å². The van der Waals surface area contributed by atoms with Crippen LogP contribution in [0.5, 0.6) is 0 Å². The molecule has 3 heterocycles. The molecule has 2 aromatic carbocycles. The maximum absolute atomic E-state index is 13.9. The summed E-state index contributed by atoms with van der Waals surface area (Å²) in [6.45, 7) is -0.154. The number of carbonyl (C=O) groups is 11. The number of ketones is 1. The Morgan fingerprint density at radius 2 is 1.02 bits per heavy atom. The van der Waals surface area contributed by atoms with Gasteiger partial charge in [-0.3, -0.25) is 33.6 Å². The second-order valence-corrected chi connectivity index (χ2v) is 13.5. The molecule has 3 fully saturated rings. The van der Waals surface area contributed by atoms with Crippen LogP contribution in [0.25, 0.3) is 11.1 Å². The van der Waals surface area contributed by atoms with Crippen LogP contribution < -0.4 is 5.32 Å². The molecule has 2 unspecified atom stereocenters. The Morgan fingerprint density at radius 3 is 1.49 bits per heavy atom. The lowest BCUT2D eigenvalue weighted by Crippen LogP contribution is -2.44. The Labute approximate surface area is 323 Å². The molecule has 2 atom stereocenters. The van der Waals surface area contributed by atoms with Gasteiger partial charge in [0.1, 0.15) is 6.61 Å². The number of alkyl carbamates (subject to hydrolysis) is 1. The van der Waals surface area contributed by atoms with Gasteiger partial charge in [-0.1, -0.05) is 48.5 Å². The highest BCUT2D eigenvalue weighted by Gasteiger charge is 2.39. The average Bonchev–Trinajstić information content (AvgIpc) is 3.90. The molecule has 2 aromatic rings. The number of hydrogen-bond donors (Lipinski definition) is 1. The molecule has 0 spiro atoms. The molecule has 0 bridgehead atoms. The first-order chi connectivity index (χ1) is 27.3. The number of fused-ring (bicyclic) bond motifs is 3. The van der Waals surface area contributed by atoms with Gasteiger partial charge in [0.05, 0.1) is 18.4 Å². The zero-order valence-electron chi connectivity index (χ0n) is 30.3. The Morgan fingerprint density at radius 1 is 0.596 bits per heavy atom. The van der Waals surface area contributed by atoms with Gasteiger partial charge in [0, 0.05) is 57.3 Å². The van der Waals surface area contributed by atoms with Gasteiger partial charge >= 0.3 is 24.0 Å². The molecule has 57 heavy (non-hydrogen) atoms. The quantitative estimate of drug-likeness (QED) is 0.239. The summed E-state index contributed by atoms with van der Waals surface area (Å²) in [5.74, 6) is -11.0. The topological polar surface area (TPSA) is 246 Å². The van der Waals surface area contributed by atoms with Gasteiger partial charge in [-0.05, 0) is 35.1 Å². The summed E-state index contributed by atoms with van der Waals surface area (Å²) in [6.07, 6.45) is -5.31. The van der Waals surface area contributed by atoms with E-state index in [0.29, 0.717) is 10.1 Å². The fourth-order valence-corrected chi connectivity index (χ4v) is 6.77. The molecule has 7 amide bonds. The number of Topliss-reactive ketones (excluding diaryl/α,β-unsaturated/α-hetero) is 1. The van der Waals surface area contributed by atoms with Gasteiger partial charge in [-0.15, -0.1) is 15.2 Å². The summed E-state index contributed by atoms with van der Waals surface area (Å²) < 4.78 is 5.58. The van der Waals surface area contributed by atoms with Crippen LogP contribution in [0, 0.1) is 5.92 Å². The lowest BCUT2D eigenvalue weighted by Gasteiger charge is -2.22. The molecule has 0 saturated carbocycles. The lowest BCUT2D eigenvalue weighted by molar-refractivity contribution is -0.202. The molecule has 298 valence electrons. The molecule has 3 saturated heterocycles. The number of imide groups is 3. The fourth-order valence-electron chi connectivity index (χ4n) is 6.77. The first-order valence-electron chi connectivity index (χ1n) is 18.2. The van der Waals surface area contributed by atoms with Crippen LogP contribution in [0.3, 0.4) is 0 Å². The molecule has 0 aromatic heterocycles. The Hall–Kier alpha value is -6.79. The van der Waals surface area contributed by atoms with E-state index < -0.39 is 109 Å². The third kappa shape index (κ3) is 9.20. The number of nitrogens with one attached hydrogen (secondary N) is 1. The zero-order valence-corrected chi connectivity index (χ0v) is 30.3. The first kappa shape index (κ1) is 39.9. The molecule has 4 aliphatic rings. The van der Waals surface area contributed by atoms with Crippen LogP contribution in [0.1, 0.15) is 87.7 Å². The van der Waals surface area contributed by atoms with Crippen molar-refractivity contribution in [2.75, 3.05) is 6.61 Å². The Bertz CT molecular complexity index is 1970. The van der Waals surface area contributed by atoms with E-state index in [1.165, 1.54) is 0 Å². The maximum atomic E-state index is 13.9. The normalized spacial score (nSPS) is 17.4. The maximum Gasteiger partial charge on any atom is 0.407 e. The van der Waals surface area contributed by atoms with Crippen LogP contribution in [-0.4, -0.2) is 93.1 Å². The van der Waals surface area contributed by atoms with Crippen molar-refractivity contribution in [2.24, 2.45) is 5.92 Å². The molecule has 1 aliphatic carbocycles. The second-order valence-electron chi connectivity index (χ2n) is 13.5. The largest absolute Gasteiger partial charge is 0.449 e. The highest BCUT2D eigenvalue weighted by molar-refractivity contribution is 6.03. The monoisotopic (exact) mass is 788 g/mol. The van der Waals surface area contributed by atoms with Crippen molar-refractivity contribution in [1.29, 1.82) is 0 Å². The summed E-state index contributed by atoms with van der Waals surface area (Å²) in [4.78, 5) is 153. The van der Waals surface area contributed by atoms with Gasteiger partial charge in [-0.2, -0.15) is 0 Å². The van der Waals surface area contributed by atoms with Crippen LogP contribution in [0.4, 0.5) is 4.79 Å². The minimum absolute atomic E-state index is 0.154. The van der Waals surface area contributed by atoms with E-state index in [2.05, 4.69) is 5.32 Å². The zero-order chi connectivity index (χ0) is 40.8. The number of benzene rings is 2. The molecule has 1 N–H and O–H groups in total. The Kier molecular flexibility index (Phi) is 12.1. The minimum Gasteiger partial charge on any atom is -0.449 e. The molecule has 0 radical (unpaired) electrons. The van der Waals surface area contributed by atoms with E-state index in [1.54, 1.807) is 0 Å². The lowest BCUT2D eigenvalue weighted by atomic mass is 9.92. The van der Waals surface area contributed by atoms with Crippen molar-refractivity contribution in [3.8, 4) is 11.1 Å². The number of hydrogen-bond acceptors (Lipinski definition) is 15. The number of amides is 7. The Balaban J connectivity index is 1.16. The van der Waals surface area contributed by atoms with E-state index in [-0.39, 0.29) is 56.1 Å². The van der Waals surface area contributed by atoms with Crippen molar-refractivity contribution in [2.45, 2.75) is 82.6 Å². The van der Waals surface area contributed by atoms with Crippen LogP contribution in [0.2, 0.25) is 0 Å². The number of rotatable bonds is 16. The standard InChI is InChI=1S/C38H36N4O15/c43-28(19-21(37(52)57-42-33(48)15-16-34(42)49)9-17-35(50)55-40-29(44)11-12-30(40)45)27(10-18-36(51)56-41-31(46)13-14-32(41)47)39-38(53)54-20-26-24-7-3-1-5-22(24)23-6-2-4-8-25(23)26/h1-8,21,26-27H,9-20H2,(H,39,53). The van der Waals surface area contributed by atoms with Gasteiger partial charge in [0.2, 0.25) is 0 Å². The summed E-state index contributed by atoms with van der Waals surface area (Å²) in [6, 6.07) is 13.5. The molecule has 19 nitrogen and oxygen atoms in total. The summed E-state index contributed by atoms with van der Waals surface area (Å²) in [5, 5.41) is 3.24. The highest BCUT2D eigenvalue weighted by atomic mass is 16.7. The molecule has 19 heteroatoms. The molecular weight excluding hydrogens is 752 g/mol. The minimum atomic E-state index is -1.57. The van der Waals surface area contributed by atoms with Crippen molar-refractivity contribution >= 4 is 65.2 Å². The van der Waals surface area contributed by atoms with Gasteiger partial charge in [0.25, 0.3) is 35.4 Å². The van der Waals surface area contributed by atoms with Crippen molar-refractivity contribution in [1.82, 2.24) is 20.5 Å². The molecule has 3 aliphatic heterocycles. The molecular formula is C38H36N4O15. The number of nitrogens with zero attached hydrogens (tertiary/aromatic N) is 3. The van der Waals surface area contributed by atoms with Crippen molar-refractivity contribution < 1.29 is 72.0 Å². The third-order valence-electron chi connectivity index (χ3n) is 9.72. The van der Waals surface area contributed by atoms with Gasteiger partial charge in [-0.25, -0.2) is 19.2 Å². The van der Waals surface area contributed by atoms with Crippen molar-refractivity contribution in [3.63, 3.8) is 0 Å². The van der Waals surface area contributed by atoms with E-state index >= 15 is 0 Å². The fraction of sp³-hybridized carbons (Fsp3) is 0.395. The second kappa shape index (κ2) is 17.3. The van der Waals surface area contributed by atoms with E-state index in [0.717, 1.165) is 22.3 Å². The van der Waals surface area contributed by atoms with Crippen LogP contribution in [0.15, 0.2) is 48.5 Å². The first-order valence-corrected chi connectivity index (χ1v) is 18.2. The SMILES string of the molecule is O=C(CCC(CC(=O)C(CCC(=O)ON1C(=O)CCC1=O)NC(=O)OCC1c2ccccc2-c2ccccc21)C(=O)ON1C(=O)CCC1=O)ON1C(=O)CCC1=O. The van der Waals surface area contributed by atoms with E-state index in [9.17, 15) is 52.7 Å². The van der Waals surface area contributed by atoms with Gasteiger partial charge in [0.15, 0.2) is 5.78 Å². The summed E-state index contributed by atoms with van der Waals surface area (Å²) >= 11 is 0.